The first-order valence-corrected chi connectivity index (χ1v) is 7.15. The molecule has 0 atom stereocenters. The van der Waals surface area contributed by atoms with E-state index in [0.29, 0.717) is 11.5 Å². The van der Waals surface area contributed by atoms with Gasteiger partial charge in [0.25, 0.3) is 0 Å². The lowest BCUT2D eigenvalue weighted by Crippen LogP contribution is -1.93. The van der Waals surface area contributed by atoms with E-state index in [4.69, 9.17) is 9.47 Å². The van der Waals surface area contributed by atoms with Crippen molar-refractivity contribution in [3.8, 4) is 22.8 Å². The first kappa shape index (κ1) is 13.8. The van der Waals surface area contributed by atoms with Crippen molar-refractivity contribution in [3.05, 3.63) is 47.2 Å². The third-order valence-corrected chi connectivity index (χ3v) is 3.75. The summed E-state index contributed by atoms with van der Waals surface area (Å²) in [5, 5.41) is 0.985. The average molecular weight is 345 g/mol. The first-order valence-electron chi connectivity index (χ1n) is 6.35. The van der Waals surface area contributed by atoms with Crippen LogP contribution in [0.15, 0.2) is 47.2 Å². The Hall–Kier alpha value is -2.14. The van der Waals surface area contributed by atoms with E-state index < -0.39 is 0 Å². The van der Waals surface area contributed by atoms with Gasteiger partial charge in [-0.1, -0.05) is 15.9 Å². The van der Waals surface area contributed by atoms with Crippen molar-refractivity contribution in [2.45, 2.75) is 0 Å². The highest BCUT2D eigenvalue weighted by molar-refractivity contribution is 9.10. The van der Waals surface area contributed by atoms with Gasteiger partial charge in [0.15, 0.2) is 11.5 Å². The van der Waals surface area contributed by atoms with Gasteiger partial charge >= 0.3 is 0 Å². The summed E-state index contributed by atoms with van der Waals surface area (Å²) in [6.45, 7) is 0. The van der Waals surface area contributed by atoms with Crippen LogP contribution < -0.4 is 9.47 Å². The molecule has 0 saturated heterocycles. The van der Waals surface area contributed by atoms with E-state index in [1.54, 1.807) is 20.5 Å². The second-order valence-electron chi connectivity index (χ2n) is 4.45. The van der Waals surface area contributed by atoms with Gasteiger partial charge in [-0.15, -0.1) is 0 Å². The van der Waals surface area contributed by atoms with Crippen LogP contribution in [0, 0.1) is 0 Å². The van der Waals surface area contributed by atoms with Gasteiger partial charge in [-0.2, -0.15) is 0 Å². The van der Waals surface area contributed by atoms with Crippen LogP contribution in [-0.2, 0) is 0 Å². The summed E-state index contributed by atoms with van der Waals surface area (Å²) in [5.41, 5.74) is 2.72. The van der Waals surface area contributed by atoms with Gasteiger partial charge < -0.3 is 9.47 Å². The summed E-state index contributed by atoms with van der Waals surface area (Å²) in [4.78, 5) is 8.72. The number of rotatable bonds is 3. The average Bonchev–Trinajstić information content (AvgIpc) is 2.53. The molecule has 0 unspecified atom stereocenters. The van der Waals surface area contributed by atoms with Gasteiger partial charge in [0, 0.05) is 15.4 Å². The van der Waals surface area contributed by atoms with E-state index >= 15 is 0 Å². The minimum atomic E-state index is 0.678. The highest BCUT2D eigenvalue weighted by atomic mass is 79.9. The standard InChI is InChI=1S/C16H13BrN2O2/c1-20-14-6-3-10(7-15(14)21-2)16-12-8-11(17)4-5-13(12)18-9-19-16/h3-9H,1-2H3. The second kappa shape index (κ2) is 5.69. The molecule has 4 nitrogen and oxygen atoms in total. The molecule has 1 heterocycles. The lowest BCUT2D eigenvalue weighted by Gasteiger charge is -2.10. The van der Waals surface area contributed by atoms with Crippen molar-refractivity contribution in [3.63, 3.8) is 0 Å². The van der Waals surface area contributed by atoms with Gasteiger partial charge in [0.2, 0.25) is 0 Å². The molecule has 0 N–H and O–H groups in total. The molecule has 2 aromatic carbocycles. The Bertz CT molecular complexity index is 805. The Morgan fingerprint density at radius 3 is 2.48 bits per heavy atom. The highest BCUT2D eigenvalue weighted by Crippen LogP contribution is 2.34. The van der Waals surface area contributed by atoms with Gasteiger partial charge in [-0.3, -0.25) is 0 Å². The van der Waals surface area contributed by atoms with Crippen LogP contribution in [0.2, 0.25) is 0 Å². The molecule has 0 radical (unpaired) electrons. The molecule has 0 fully saturated rings. The fraction of sp³-hybridized carbons (Fsp3) is 0.125. The third-order valence-electron chi connectivity index (χ3n) is 3.25. The molecule has 0 aliphatic carbocycles. The molecule has 3 aromatic rings. The largest absolute Gasteiger partial charge is 0.493 e. The molecule has 0 amide bonds. The van der Waals surface area contributed by atoms with Crippen LogP contribution in [0.5, 0.6) is 11.5 Å². The molecule has 0 saturated carbocycles. The van der Waals surface area contributed by atoms with Crippen molar-refractivity contribution in [2.75, 3.05) is 14.2 Å². The van der Waals surface area contributed by atoms with Crippen LogP contribution in [0.1, 0.15) is 0 Å². The van der Waals surface area contributed by atoms with Crippen molar-refractivity contribution < 1.29 is 9.47 Å². The Kier molecular flexibility index (Phi) is 3.75. The Morgan fingerprint density at radius 2 is 1.71 bits per heavy atom. The normalized spacial score (nSPS) is 10.6. The molecule has 0 bridgehead atoms. The Labute approximate surface area is 130 Å². The number of methoxy groups -OCH3 is 2. The predicted octanol–water partition coefficient (Wildman–Crippen LogP) is 4.08. The number of nitrogens with zero attached hydrogens (tertiary/aromatic N) is 2. The molecular formula is C16H13BrN2O2. The predicted molar refractivity (Wildman–Crippen MR) is 85.8 cm³/mol. The summed E-state index contributed by atoms with van der Waals surface area (Å²) in [6, 6.07) is 11.7. The van der Waals surface area contributed by atoms with Crippen LogP contribution in [0.3, 0.4) is 0 Å². The molecule has 0 aliphatic rings. The minimum Gasteiger partial charge on any atom is -0.493 e. The summed E-state index contributed by atoms with van der Waals surface area (Å²) in [7, 11) is 3.24. The zero-order chi connectivity index (χ0) is 14.8. The lowest BCUT2D eigenvalue weighted by atomic mass is 10.1. The third kappa shape index (κ3) is 2.56. The van der Waals surface area contributed by atoms with Gasteiger partial charge in [-0.25, -0.2) is 9.97 Å². The van der Waals surface area contributed by atoms with Crippen molar-refractivity contribution in [2.24, 2.45) is 0 Å². The van der Waals surface area contributed by atoms with E-state index in [9.17, 15) is 0 Å². The van der Waals surface area contributed by atoms with Crippen molar-refractivity contribution >= 4 is 26.8 Å². The van der Waals surface area contributed by atoms with Crippen LogP contribution in [0.25, 0.3) is 22.2 Å². The van der Waals surface area contributed by atoms with E-state index in [1.165, 1.54) is 0 Å². The number of fused-ring (bicyclic) bond motifs is 1. The van der Waals surface area contributed by atoms with Gasteiger partial charge in [0.05, 0.1) is 25.4 Å². The first-order chi connectivity index (χ1) is 10.2. The summed E-state index contributed by atoms with van der Waals surface area (Å²) >= 11 is 3.49. The fourth-order valence-electron chi connectivity index (χ4n) is 2.24. The van der Waals surface area contributed by atoms with Crippen molar-refractivity contribution in [1.82, 2.24) is 9.97 Å². The molecule has 1 aromatic heterocycles. The molecule has 5 heteroatoms. The molecule has 3 rings (SSSR count). The number of halogens is 1. The molecule has 21 heavy (non-hydrogen) atoms. The van der Waals surface area contributed by atoms with E-state index in [2.05, 4.69) is 25.9 Å². The van der Waals surface area contributed by atoms with Gasteiger partial charge in [0.1, 0.15) is 6.33 Å². The lowest BCUT2D eigenvalue weighted by molar-refractivity contribution is 0.355. The number of hydrogen-bond acceptors (Lipinski definition) is 4. The topological polar surface area (TPSA) is 44.2 Å². The quantitative estimate of drug-likeness (QED) is 0.718. The SMILES string of the molecule is COc1ccc(-c2ncnc3ccc(Br)cc23)cc1OC. The van der Waals surface area contributed by atoms with E-state index in [1.807, 2.05) is 36.4 Å². The Morgan fingerprint density at radius 1 is 0.905 bits per heavy atom. The maximum absolute atomic E-state index is 5.36. The highest BCUT2D eigenvalue weighted by Gasteiger charge is 2.10. The summed E-state index contributed by atoms with van der Waals surface area (Å²) in [6.07, 6.45) is 1.57. The monoisotopic (exact) mass is 344 g/mol. The second-order valence-corrected chi connectivity index (χ2v) is 5.37. The number of ether oxygens (including phenoxy) is 2. The minimum absolute atomic E-state index is 0.678. The molecular weight excluding hydrogens is 332 g/mol. The summed E-state index contributed by atoms with van der Waals surface area (Å²) in [5.74, 6) is 1.37. The van der Waals surface area contributed by atoms with Crippen LogP contribution in [-0.4, -0.2) is 24.2 Å². The molecule has 0 aliphatic heterocycles. The smallest absolute Gasteiger partial charge is 0.161 e. The van der Waals surface area contributed by atoms with Crippen molar-refractivity contribution in [1.29, 1.82) is 0 Å². The van der Waals surface area contributed by atoms with E-state index in [-0.39, 0.29) is 0 Å². The summed E-state index contributed by atoms with van der Waals surface area (Å²) < 4.78 is 11.6. The zero-order valence-corrected chi connectivity index (χ0v) is 13.2. The fourth-order valence-corrected chi connectivity index (χ4v) is 2.60. The zero-order valence-electron chi connectivity index (χ0n) is 11.6. The molecule has 0 spiro atoms. The number of benzene rings is 2. The van der Waals surface area contributed by atoms with Crippen LogP contribution >= 0.6 is 15.9 Å². The Balaban J connectivity index is 2.23. The number of hydrogen-bond donors (Lipinski definition) is 0. The van der Waals surface area contributed by atoms with E-state index in [0.717, 1.165) is 26.6 Å². The molecule has 106 valence electrons. The van der Waals surface area contributed by atoms with Gasteiger partial charge in [-0.05, 0) is 36.4 Å². The maximum Gasteiger partial charge on any atom is 0.161 e. The maximum atomic E-state index is 5.36. The van der Waals surface area contributed by atoms with Crippen LogP contribution in [0.4, 0.5) is 0 Å². The number of aromatic nitrogens is 2.